The molecular weight excluding hydrogens is 258 g/mol. The number of urea groups is 1. The van der Waals surface area contributed by atoms with Crippen molar-refractivity contribution in [2.75, 3.05) is 5.32 Å². The predicted molar refractivity (Wildman–Crippen MR) is 78.5 cm³/mol. The Bertz CT molecular complexity index is 528. The lowest BCUT2D eigenvalue weighted by molar-refractivity contribution is -0.384. The fraction of sp³-hybridized carbons (Fsp3) is 0.357. The summed E-state index contributed by atoms with van der Waals surface area (Å²) in [4.78, 5) is 21.7. The van der Waals surface area contributed by atoms with Gasteiger partial charge in [-0.15, -0.1) is 0 Å². The molecule has 0 unspecified atom stereocenters. The topological polar surface area (TPSA) is 84.3 Å². The molecule has 1 rings (SSSR count). The van der Waals surface area contributed by atoms with Crippen LogP contribution in [-0.2, 0) is 0 Å². The Hall–Kier alpha value is -2.37. The van der Waals surface area contributed by atoms with Gasteiger partial charge in [0.25, 0.3) is 5.69 Å². The molecule has 0 radical (unpaired) electrons. The van der Waals surface area contributed by atoms with E-state index in [4.69, 9.17) is 0 Å². The lowest BCUT2D eigenvalue weighted by Crippen LogP contribution is -2.25. The highest BCUT2D eigenvalue weighted by Gasteiger charge is 2.12. The largest absolute Gasteiger partial charge is 0.323 e. The fourth-order valence-corrected chi connectivity index (χ4v) is 1.22. The van der Waals surface area contributed by atoms with Crippen LogP contribution < -0.4 is 10.6 Å². The molecule has 108 valence electrons. The molecule has 20 heavy (non-hydrogen) atoms. The maximum absolute atomic E-state index is 11.7. The van der Waals surface area contributed by atoms with Crippen LogP contribution in [0.2, 0.25) is 0 Å². The van der Waals surface area contributed by atoms with Gasteiger partial charge >= 0.3 is 6.03 Å². The van der Waals surface area contributed by atoms with Gasteiger partial charge in [0, 0.05) is 24.0 Å². The van der Waals surface area contributed by atoms with Crippen molar-refractivity contribution in [3.05, 3.63) is 46.2 Å². The number of nitro groups is 1. The molecule has 2 amide bonds. The van der Waals surface area contributed by atoms with Gasteiger partial charge in [-0.05, 0) is 24.5 Å². The molecule has 0 spiro atoms. The highest BCUT2D eigenvalue weighted by Crippen LogP contribution is 2.23. The number of amides is 2. The minimum atomic E-state index is -0.487. The summed E-state index contributed by atoms with van der Waals surface area (Å²) in [6, 6.07) is 5.26. The van der Waals surface area contributed by atoms with Gasteiger partial charge in [-0.1, -0.05) is 26.3 Å². The first kappa shape index (κ1) is 15.7. The number of carbonyl (C=O) groups excluding carboxylic acids is 1. The molecule has 0 aliphatic heterocycles. The highest BCUT2D eigenvalue weighted by molar-refractivity contribution is 5.90. The molecule has 0 heterocycles. The SMILES string of the molecule is C/C(=C\NC(=O)Nc1ccc([N+](=O)[O-])cc1)C(C)(C)C. The van der Waals surface area contributed by atoms with Crippen molar-refractivity contribution in [1.82, 2.24) is 5.32 Å². The van der Waals surface area contributed by atoms with Crippen molar-refractivity contribution in [3.8, 4) is 0 Å². The summed E-state index contributed by atoms with van der Waals surface area (Å²) < 4.78 is 0. The molecule has 0 atom stereocenters. The zero-order valence-corrected chi connectivity index (χ0v) is 12.1. The minimum Gasteiger partial charge on any atom is -0.314 e. The zero-order valence-electron chi connectivity index (χ0n) is 12.1. The number of nitrogens with one attached hydrogen (secondary N) is 2. The molecule has 0 aliphatic rings. The average Bonchev–Trinajstić information content (AvgIpc) is 2.35. The van der Waals surface area contributed by atoms with Crippen LogP contribution in [-0.4, -0.2) is 11.0 Å². The van der Waals surface area contributed by atoms with E-state index in [1.807, 2.05) is 6.92 Å². The van der Waals surface area contributed by atoms with Crippen molar-refractivity contribution in [3.63, 3.8) is 0 Å². The molecule has 1 aromatic carbocycles. The van der Waals surface area contributed by atoms with Gasteiger partial charge in [0.1, 0.15) is 0 Å². The van der Waals surface area contributed by atoms with Gasteiger partial charge in [-0.3, -0.25) is 10.1 Å². The van der Waals surface area contributed by atoms with Crippen LogP contribution in [0, 0.1) is 15.5 Å². The van der Waals surface area contributed by atoms with Crippen LogP contribution in [0.5, 0.6) is 0 Å². The van der Waals surface area contributed by atoms with E-state index in [1.54, 1.807) is 6.20 Å². The summed E-state index contributed by atoms with van der Waals surface area (Å²) in [5.41, 5.74) is 1.51. The van der Waals surface area contributed by atoms with E-state index in [2.05, 4.69) is 31.4 Å². The molecule has 1 aromatic rings. The first-order chi connectivity index (χ1) is 9.20. The molecule has 0 aliphatic carbocycles. The van der Waals surface area contributed by atoms with Gasteiger partial charge in [-0.25, -0.2) is 4.79 Å². The van der Waals surface area contributed by atoms with Crippen molar-refractivity contribution >= 4 is 17.4 Å². The summed E-state index contributed by atoms with van der Waals surface area (Å²) in [6.07, 6.45) is 1.65. The molecule has 6 heteroatoms. The van der Waals surface area contributed by atoms with Crippen LogP contribution in [0.1, 0.15) is 27.7 Å². The number of nitrogens with zero attached hydrogens (tertiary/aromatic N) is 1. The number of rotatable bonds is 3. The molecule has 0 saturated heterocycles. The van der Waals surface area contributed by atoms with Crippen LogP contribution in [0.3, 0.4) is 0 Å². The van der Waals surface area contributed by atoms with Crippen molar-refractivity contribution in [1.29, 1.82) is 0 Å². The normalized spacial score (nSPS) is 11.9. The van der Waals surface area contributed by atoms with E-state index >= 15 is 0 Å². The van der Waals surface area contributed by atoms with E-state index in [0.717, 1.165) is 5.57 Å². The second kappa shape index (κ2) is 6.18. The summed E-state index contributed by atoms with van der Waals surface area (Å²) in [5, 5.41) is 15.7. The van der Waals surface area contributed by atoms with E-state index in [1.165, 1.54) is 24.3 Å². The van der Waals surface area contributed by atoms with Crippen molar-refractivity contribution in [2.45, 2.75) is 27.7 Å². The highest BCUT2D eigenvalue weighted by atomic mass is 16.6. The van der Waals surface area contributed by atoms with Gasteiger partial charge in [-0.2, -0.15) is 0 Å². The Morgan fingerprint density at radius 1 is 1.25 bits per heavy atom. The second-order valence-corrected chi connectivity index (χ2v) is 5.48. The Morgan fingerprint density at radius 2 is 1.80 bits per heavy atom. The second-order valence-electron chi connectivity index (χ2n) is 5.48. The number of hydrogen-bond donors (Lipinski definition) is 2. The number of carbonyl (C=O) groups is 1. The third kappa shape index (κ3) is 4.72. The molecule has 2 N–H and O–H groups in total. The Labute approximate surface area is 118 Å². The van der Waals surface area contributed by atoms with Crippen LogP contribution in [0.15, 0.2) is 36.0 Å². The fourth-order valence-electron chi connectivity index (χ4n) is 1.22. The van der Waals surface area contributed by atoms with E-state index < -0.39 is 4.92 Å². The smallest absolute Gasteiger partial charge is 0.314 e. The van der Waals surface area contributed by atoms with Crippen LogP contribution in [0.4, 0.5) is 16.2 Å². The first-order valence-corrected chi connectivity index (χ1v) is 6.19. The number of anilines is 1. The third-order valence-corrected chi connectivity index (χ3v) is 2.94. The van der Waals surface area contributed by atoms with Gasteiger partial charge in [0.15, 0.2) is 0 Å². The van der Waals surface area contributed by atoms with E-state index in [9.17, 15) is 14.9 Å². The zero-order chi connectivity index (χ0) is 15.3. The molecule has 0 saturated carbocycles. The first-order valence-electron chi connectivity index (χ1n) is 6.19. The van der Waals surface area contributed by atoms with Gasteiger partial charge in [0.2, 0.25) is 0 Å². The lowest BCUT2D eigenvalue weighted by atomic mass is 9.88. The maximum atomic E-state index is 11.7. The summed E-state index contributed by atoms with van der Waals surface area (Å²) in [7, 11) is 0. The standard InChI is InChI=1S/C14H19N3O3/c1-10(14(2,3)4)9-15-13(18)16-11-5-7-12(8-6-11)17(19)20/h5-9H,1-4H3,(H2,15,16,18)/b10-9+. The summed E-state index contributed by atoms with van der Waals surface area (Å²) >= 11 is 0. The maximum Gasteiger partial charge on any atom is 0.323 e. The monoisotopic (exact) mass is 277 g/mol. The molecule has 0 bridgehead atoms. The van der Waals surface area contributed by atoms with Crippen LogP contribution >= 0.6 is 0 Å². The summed E-state index contributed by atoms with van der Waals surface area (Å²) in [5.74, 6) is 0. The van der Waals surface area contributed by atoms with Crippen molar-refractivity contribution < 1.29 is 9.72 Å². The third-order valence-electron chi connectivity index (χ3n) is 2.94. The number of non-ortho nitro benzene ring substituents is 1. The number of benzene rings is 1. The Balaban J connectivity index is 2.61. The number of allylic oxidation sites excluding steroid dienone is 1. The lowest BCUT2D eigenvalue weighted by Gasteiger charge is -2.19. The molecule has 6 nitrogen and oxygen atoms in total. The molecule has 0 fully saturated rings. The van der Waals surface area contributed by atoms with E-state index in [0.29, 0.717) is 5.69 Å². The van der Waals surface area contributed by atoms with Crippen molar-refractivity contribution in [2.24, 2.45) is 5.41 Å². The molecule has 0 aromatic heterocycles. The Morgan fingerprint density at radius 3 is 2.25 bits per heavy atom. The van der Waals surface area contributed by atoms with Gasteiger partial charge in [0.05, 0.1) is 4.92 Å². The number of hydrogen-bond acceptors (Lipinski definition) is 3. The summed E-state index contributed by atoms with van der Waals surface area (Å²) in [6.45, 7) is 8.09. The quantitative estimate of drug-likeness (QED) is 0.653. The average molecular weight is 277 g/mol. The van der Waals surface area contributed by atoms with Crippen LogP contribution in [0.25, 0.3) is 0 Å². The number of nitro benzene ring substituents is 1. The van der Waals surface area contributed by atoms with E-state index in [-0.39, 0.29) is 17.1 Å². The molecular formula is C14H19N3O3. The minimum absolute atomic E-state index is 0.0133. The predicted octanol–water partition coefficient (Wildman–Crippen LogP) is 3.67. The van der Waals surface area contributed by atoms with Gasteiger partial charge < -0.3 is 10.6 Å². The Kier molecular flexibility index (Phi) is 4.85.